The Kier molecular flexibility index (Phi) is 4.38. The van der Waals surface area contributed by atoms with Crippen LogP contribution in [0, 0.1) is 6.92 Å². The minimum absolute atomic E-state index is 0.0998. The predicted molar refractivity (Wildman–Crippen MR) is 75.3 cm³/mol. The summed E-state index contributed by atoms with van der Waals surface area (Å²) in [6.07, 6.45) is 0.0998. The van der Waals surface area contributed by atoms with Crippen LogP contribution >= 0.6 is 0 Å². The standard InChI is InChI=1S/C16H17NO3/c1-12-2-4-14(5-3-12)11-17(20)16(19)10-13-6-8-15(18)9-7-13/h2-9,18,20H,10-11H2,1H3. The van der Waals surface area contributed by atoms with Gasteiger partial charge in [0.15, 0.2) is 0 Å². The third kappa shape index (κ3) is 3.83. The molecule has 4 nitrogen and oxygen atoms in total. The van der Waals surface area contributed by atoms with E-state index in [0.29, 0.717) is 0 Å². The van der Waals surface area contributed by atoms with Gasteiger partial charge in [0.05, 0.1) is 13.0 Å². The van der Waals surface area contributed by atoms with Crippen LogP contribution in [0.5, 0.6) is 5.75 Å². The molecule has 0 unspecified atom stereocenters. The van der Waals surface area contributed by atoms with Crippen LogP contribution in [0.25, 0.3) is 0 Å². The molecule has 1 amide bonds. The summed E-state index contributed by atoms with van der Waals surface area (Å²) in [6.45, 7) is 2.15. The molecule has 20 heavy (non-hydrogen) atoms. The number of aromatic hydroxyl groups is 1. The smallest absolute Gasteiger partial charge is 0.250 e. The maximum Gasteiger partial charge on any atom is 0.250 e. The Morgan fingerprint density at radius 3 is 2.15 bits per heavy atom. The zero-order valence-corrected chi connectivity index (χ0v) is 11.3. The number of phenolic OH excluding ortho intramolecular Hbond substituents is 1. The van der Waals surface area contributed by atoms with E-state index in [9.17, 15) is 15.1 Å². The number of hydrogen-bond donors (Lipinski definition) is 2. The van der Waals surface area contributed by atoms with E-state index in [-0.39, 0.29) is 24.6 Å². The molecule has 2 aromatic carbocycles. The van der Waals surface area contributed by atoms with Gasteiger partial charge in [0, 0.05) is 0 Å². The quantitative estimate of drug-likeness (QED) is 0.664. The second-order valence-corrected chi connectivity index (χ2v) is 4.78. The molecule has 0 saturated carbocycles. The summed E-state index contributed by atoms with van der Waals surface area (Å²) >= 11 is 0. The van der Waals surface area contributed by atoms with Crippen LogP contribution in [0.15, 0.2) is 48.5 Å². The number of nitrogens with zero attached hydrogens (tertiary/aromatic N) is 1. The number of hydrogen-bond acceptors (Lipinski definition) is 3. The van der Waals surface area contributed by atoms with Crippen LogP contribution in [-0.4, -0.2) is 21.3 Å². The molecule has 0 bridgehead atoms. The van der Waals surface area contributed by atoms with Crippen LogP contribution < -0.4 is 0 Å². The number of amides is 1. The molecular weight excluding hydrogens is 254 g/mol. The van der Waals surface area contributed by atoms with Crippen molar-refractivity contribution in [3.63, 3.8) is 0 Å². The third-order valence-electron chi connectivity index (χ3n) is 3.03. The molecule has 0 heterocycles. The molecule has 0 aliphatic rings. The van der Waals surface area contributed by atoms with Gasteiger partial charge in [-0.2, -0.15) is 0 Å². The summed E-state index contributed by atoms with van der Waals surface area (Å²) < 4.78 is 0. The molecule has 0 aliphatic carbocycles. The minimum Gasteiger partial charge on any atom is -0.508 e. The lowest BCUT2D eigenvalue weighted by atomic mass is 10.1. The summed E-state index contributed by atoms with van der Waals surface area (Å²) in [5.74, 6) is -0.224. The molecule has 4 heteroatoms. The first-order valence-corrected chi connectivity index (χ1v) is 6.37. The van der Waals surface area contributed by atoms with Gasteiger partial charge in [0.1, 0.15) is 5.75 Å². The normalized spacial score (nSPS) is 10.3. The molecule has 2 rings (SSSR count). The molecule has 0 aromatic heterocycles. The van der Waals surface area contributed by atoms with E-state index in [1.54, 1.807) is 12.1 Å². The Morgan fingerprint density at radius 2 is 1.55 bits per heavy atom. The number of aryl methyl sites for hydroxylation is 1. The largest absolute Gasteiger partial charge is 0.508 e. The first-order valence-electron chi connectivity index (χ1n) is 6.37. The Bertz CT molecular complexity index is 576. The van der Waals surface area contributed by atoms with Gasteiger partial charge in [-0.3, -0.25) is 10.0 Å². The van der Waals surface area contributed by atoms with Gasteiger partial charge < -0.3 is 5.11 Å². The van der Waals surface area contributed by atoms with Gasteiger partial charge in [-0.15, -0.1) is 0 Å². The lowest BCUT2D eigenvalue weighted by Crippen LogP contribution is -2.28. The second-order valence-electron chi connectivity index (χ2n) is 4.78. The van der Waals surface area contributed by atoms with Crippen molar-refractivity contribution in [2.45, 2.75) is 19.9 Å². The molecule has 104 valence electrons. The number of hydroxylamine groups is 2. The summed E-state index contributed by atoms with van der Waals surface area (Å²) in [7, 11) is 0. The molecule has 0 fully saturated rings. The van der Waals surface area contributed by atoms with E-state index < -0.39 is 0 Å². The Hall–Kier alpha value is -2.33. The maximum absolute atomic E-state index is 11.9. The molecule has 0 spiro atoms. The van der Waals surface area contributed by atoms with Crippen molar-refractivity contribution in [1.29, 1.82) is 0 Å². The molecule has 0 atom stereocenters. The van der Waals surface area contributed by atoms with Gasteiger partial charge in [0.25, 0.3) is 5.91 Å². The topological polar surface area (TPSA) is 60.8 Å². The highest BCUT2D eigenvalue weighted by Crippen LogP contribution is 2.12. The van der Waals surface area contributed by atoms with Crippen LogP contribution in [0.1, 0.15) is 16.7 Å². The Morgan fingerprint density at radius 1 is 1.00 bits per heavy atom. The highest BCUT2D eigenvalue weighted by atomic mass is 16.5. The second kappa shape index (κ2) is 6.21. The zero-order chi connectivity index (χ0) is 14.5. The van der Waals surface area contributed by atoms with E-state index >= 15 is 0 Å². The maximum atomic E-state index is 11.9. The number of carbonyl (C=O) groups is 1. The van der Waals surface area contributed by atoms with Crippen LogP contribution in [0.3, 0.4) is 0 Å². The average molecular weight is 271 g/mol. The van der Waals surface area contributed by atoms with E-state index in [2.05, 4.69) is 0 Å². The van der Waals surface area contributed by atoms with Crippen molar-refractivity contribution in [2.75, 3.05) is 0 Å². The van der Waals surface area contributed by atoms with Gasteiger partial charge in [0.2, 0.25) is 0 Å². The van der Waals surface area contributed by atoms with Gasteiger partial charge in [-0.25, -0.2) is 5.06 Å². The zero-order valence-electron chi connectivity index (χ0n) is 11.3. The van der Waals surface area contributed by atoms with Crippen LogP contribution in [0.4, 0.5) is 0 Å². The Labute approximate surface area is 117 Å². The van der Waals surface area contributed by atoms with E-state index in [0.717, 1.165) is 21.8 Å². The van der Waals surface area contributed by atoms with Crippen molar-refractivity contribution < 1.29 is 15.1 Å². The van der Waals surface area contributed by atoms with Gasteiger partial charge in [-0.1, -0.05) is 42.0 Å². The summed E-state index contributed by atoms with van der Waals surface area (Å²) in [4.78, 5) is 11.9. The molecular formula is C16H17NO3. The number of rotatable bonds is 4. The summed E-state index contributed by atoms with van der Waals surface area (Å²) in [6, 6.07) is 14.0. The van der Waals surface area contributed by atoms with Gasteiger partial charge in [-0.05, 0) is 30.2 Å². The fourth-order valence-electron chi connectivity index (χ4n) is 1.83. The van der Waals surface area contributed by atoms with E-state index in [1.165, 1.54) is 12.1 Å². The van der Waals surface area contributed by atoms with Crippen molar-refractivity contribution >= 4 is 5.91 Å². The SMILES string of the molecule is Cc1ccc(CN(O)C(=O)Cc2ccc(O)cc2)cc1. The summed E-state index contributed by atoms with van der Waals surface area (Å²) in [5, 5.41) is 19.7. The van der Waals surface area contributed by atoms with E-state index in [1.807, 2.05) is 31.2 Å². The molecule has 0 radical (unpaired) electrons. The van der Waals surface area contributed by atoms with Gasteiger partial charge >= 0.3 is 0 Å². The minimum atomic E-state index is -0.378. The number of phenols is 1. The fourth-order valence-corrected chi connectivity index (χ4v) is 1.83. The molecule has 2 N–H and O–H groups in total. The van der Waals surface area contributed by atoms with Crippen LogP contribution in [0.2, 0.25) is 0 Å². The first-order chi connectivity index (χ1) is 9.54. The van der Waals surface area contributed by atoms with Crippen molar-refractivity contribution in [3.8, 4) is 5.75 Å². The highest BCUT2D eigenvalue weighted by molar-refractivity contribution is 5.77. The van der Waals surface area contributed by atoms with Crippen molar-refractivity contribution in [2.24, 2.45) is 0 Å². The number of benzene rings is 2. The molecule has 0 saturated heterocycles. The van der Waals surface area contributed by atoms with Crippen molar-refractivity contribution in [3.05, 3.63) is 65.2 Å². The Balaban J connectivity index is 1.94. The lowest BCUT2D eigenvalue weighted by Gasteiger charge is -2.15. The molecule has 2 aromatic rings. The third-order valence-corrected chi connectivity index (χ3v) is 3.03. The lowest BCUT2D eigenvalue weighted by molar-refractivity contribution is -0.167. The monoisotopic (exact) mass is 271 g/mol. The van der Waals surface area contributed by atoms with Crippen LogP contribution in [-0.2, 0) is 17.8 Å². The first kappa shape index (κ1) is 14.1. The van der Waals surface area contributed by atoms with E-state index in [4.69, 9.17) is 0 Å². The fraction of sp³-hybridized carbons (Fsp3) is 0.188. The van der Waals surface area contributed by atoms with Crippen molar-refractivity contribution in [1.82, 2.24) is 5.06 Å². The highest BCUT2D eigenvalue weighted by Gasteiger charge is 2.12. The number of carbonyl (C=O) groups excluding carboxylic acids is 1. The summed E-state index contributed by atoms with van der Waals surface area (Å²) in [5.41, 5.74) is 2.75. The average Bonchev–Trinajstić information content (AvgIpc) is 2.44. The molecule has 0 aliphatic heterocycles. The predicted octanol–water partition coefficient (Wildman–Crippen LogP) is 2.66.